The van der Waals surface area contributed by atoms with Gasteiger partial charge in [-0.1, -0.05) is 12.1 Å². The number of amides is 2. The minimum atomic E-state index is -3.94. The fourth-order valence-electron chi connectivity index (χ4n) is 3.86. The highest BCUT2D eigenvalue weighted by atomic mass is 32.2. The lowest BCUT2D eigenvalue weighted by atomic mass is 10.1. The Balaban J connectivity index is 1.59. The minimum absolute atomic E-state index is 0.0103. The Morgan fingerprint density at radius 1 is 1.19 bits per heavy atom. The minimum Gasteiger partial charge on any atom is -0.479 e. The number of carbonyl (C=O) groups excluding carboxylic acids is 2. The smallest absolute Gasteiger partial charge is 0.265 e. The first-order chi connectivity index (χ1) is 14.7. The van der Waals surface area contributed by atoms with E-state index in [0.29, 0.717) is 30.0 Å². The third-order valence-electron chi connectivity index (χ3n) is 5.65. The van der Waals surface area contributed by atoms with E-state index in [1.807, 2.05) is 32.0 Å². The highest BCUT2D eigenvalue weighted by Crippen LogP contribution is 2.34. The van der Waals surface area contributed by atoms with Gasteiger partial charge >= 0.3 is 0 Å². The highest BCUT2D eigenvalue weighted by Gasteiger charge is 2.40. The van der Waals surface area contributed by atoms with Crippen molar-refractivity contribution in [3.63, 3.8) is 0 Å². The largest absolute Gasteiger partial charge is 0.479 e. The lowest BCUT2D eigenvalue weighted by molar-refractivity contribution is -0.122. The van der Waals surface area contributed by atoms with Gasteiger partial charge in [0.1, 0.15) is 11.8 Å². The third kappa shape index (κ3) is 4.03. The lowest BCUT2D eigenvalue weighted by Gasteiger charge is -2.26. The molecule has 8 nitrogen and oxygen atoms in total. The average molecular weight is 444 g/mol. The number of ether oxygens (including phenoxy) is 1. The predicted octanol–water partition coefficient (Wildman–Crippen LogP) is 2.81. The van der Waals surface area contributed by atoms with E-state index in [2.05, 4.69) is 10.6 Å². The van der Waals surface area contributed by atoms with Crippen LogP contribution in [0.1, 0.15) is 30.9 Å². The number of nitrogens with one attached hydrogen (secondary N) is 2. The van der Waals surface area contributed by atoms with Crippen LogP contribution >= 0.6 is 0 Å². The monoisotopic (exact) mass is 443 g/mol. The summed E-state index contributed by atoms with van der Waals surface area (Å²) in [4.78, 5) is 24.9. The first-order valence-corrected chi connectivity index (χ1v) is 11.6. The van der Waals surface area contributed by atoms with Crippen molar-refractivity contribution in [2.75, 3.05) is 17.2 Å². The maximum absolute atomic E-state index is 13.3. The van der Waals surface area contributed by atoms with E-state index in [-0.39, 0.29) is 23.3 Å². The molecule has 2 aromatic carbocycles. The molecule has 164 valence electrons. The van der Waals surface area contributed by atoms with Gasteiger partial charge in [0, 0.05) is 12.2 Å². The quantitative estimate of drug-likeness (QED) is 0.756. The molecule has 0 spiro atoms. The molecule has 2 aliphatic heterocycles. The second-order valence-electron chi connectivity index (χ2n) is 7.99. The van der Waals surface area contributed by atoms with E-state index in [1.165, 1.54) is 22.5 Å². The van der Waals surface area contributed by atoms with E-state index in [9.17, 15) is 18.0 Å². The van der Waals surface area contributed by atoms with Crippen molar-refractivity contribution in [3.05, 3.63) is 47.5 Å². The third-order valence-corrected chi connectivity index (χ3v) is 7.55. The number of rotatable bonds is 4. The van der Waals surface area contributed by atoms with Crippen LogP contribution in [-0.2, 0) is 19.6 Å². The van der Waals surface area contributed by atoms with Crippen molar-refractivity contribution in [1.29, 1.82) is 0 Å². The summed E-state index contributed by atoms with van der Waals surface area (Å²) in [5.74, 6) is -0.274. The number of aryl methyl sites for hydroxylation is 2. The molecule has 0 saturated carbocycles. The molecule has 0 bridgehead atoms. The summed E-state index contributed by atoms with van der Waals surface area (Å²) >= 11 is 0. The van der Waals surface area contributed by atoms with Crippen molar-refractivity contribution in [3.8, 4) is 5.75 Å². The Bertz CT molecular complexity index is 1160. The van der Waals surface area contributed by atoms with Gasteiger partial charge in [-0.25, -0.2) is 8.42 Å². The van der Waals surface area contributed by atoms with Gasteiger partial charge in [0.2, 0.25) is 15.9 Å². The first-order valence-electron chi connectivity index (χ1n) is 10.2. The Morgan fingerprint density at radius 3 is 2.74 bits per heavy atom. The van der Waals surface area contributed by atoms with Crippen molar-refractivity contribution >= 4 is 33.2 Å². The van der Waals surface area contributed by atoms with Crippen molar-refractivity contribution in [2.24, 2.45) is 0 Å². The molecule has 4 rings (SSSR count). The van der Waals surface area contributed by atoms with E-state index in [4.69, 9.17) is 4.74 Å². The van der Waals surface area contributed by atoms with E-state index >= 15 is 0 Å². The number of carbonyl (C=O) groups is 2. The Morgan fingerprint density at radius 2 is 1.97 bits per heavy atom. The fourth-order valence-corrected chi connectivity index (χ4v) is 5.54. The van der Waals surface area contributed by atoms with Crippen LogP contribution in [0, 0.1) is 13.8 Å². The number of nitrogens with zero attached hydrogens (tertiary/aromatic N) is 1. The molecule has 2 aliphatic rings. The molecule has 31 heavy (non-hydrogen) atoms. The number of hydrogen-bond acceptors (Lipinski definition) is 5. The zero-order chi connectivity index (χ0) is 22.3. The van der Waals surface area contributed by atoms with E-state index < -0.39 is 22.2 Å². The summed E-state index contributed by atoms with van der Waals surface area (Å²) < 4.78 is 33.4. The molecule has 2 N–H and O–H groups in total. The molecule has 9 heteroatoms. The molecule has 1 fully saturated rings. The van der Waals surface area contributed by atoms with Gasteiger partial charge in [-0.15, -0.1) is 0 Å². The lowest BCUT2D eigenvalue weighted by Crippen LogP contribution is -2.43. The SMILES string of the molecule is Cc1ccc(C)c(NC(=O)C2CCCN2S(=O)(=O)c2ccc3c(c2)NC(=O)C(C)O3)c1. The molecule has 2 heterocycles. The number of sulfonamides is 1. The Hall–Kier alpha value is -2.91. The zero-order valence-corrected chi connectivity index (χ0v) is 18.5. The van der Waals surface area contributed by atoms with Crippen LogP contribution in [-0.4, -0.2) is 43.2 Å². The molecule has 2 atom stereocenters. The Kier molecular flexibility index (Phi) is 5.49. The summed E-state index contributed by atoms with van der Waals surface area (Å²) in [5.41, 5.74) is 2.90. The molecule has 2 aromatic rings. The topological polar surface area (TPSA) is 105 Å². The van der Waals surface area contributed by atoms with Crippen LogP contribution in [0.4, 0.5) is 11.4 Å². The molecule has 0 aromatic heterocycles. The van der Waals surface area contributed by atoms with Gasteiger partial charge < -0.3 is 15.4 Å². The summed E-state index contributed by atoms with van der Waals surface area (Å²) in [5, 5.41) is 5.55. The van der Waals surface area contributed by atoms with Crippen LogP contribution in [0.3, 0.4) is 0 Å². The van der Waals surface area contributed by atoms with Gasteiger partial charge in [-0.3, -0.25) is 9.59 Å². The van der Waals surface area contributed by atoms with Crippen LogP contribution in [0.5, 0.6) is 5.75 Å². The van der Waals surface area contributed by atoms with Crippen LogP contribution in [0.2, 0.25) is 0 Å². The highest BCUT2D eigenvalue weighted by molar-refractivity contribution is 7.89. The Labute approximate surface area is 181 Å². The van der Waals surface area contributed by atoms with Crippen LogP contribution in [0.25, 0.3) is 0 Å². The summed E-state index contributed by atoms with van der Waals surface area (Å²) in [6, 6.07) is 9.29. The van der Waals surface area contributed by atoms with Crippen molar-refractivity contribution in [2.45, 2.75) is 50.7 Å². The molecular formula is C22H25N3O5S. The van der Waals surface area contributed by atoms with Crippen molar-refractivity contribution < 1.29 is 22.7 Å². The first kappa shape index (κ1) is 21.3. The van der Waals surface area contributed by atoms with Gasteiger partial charge in [-0.05, 0) is 69.0 Å². The average Bonchev–Trinajstić information content (AvgIpc) is 3.22. The maximum Gasteiger partial charge on any atom is 0.265 e. The molecule has 2 unspecified atom stereocenters. The number of anilines is 2. The van der Waals surface area contributed by atoms with Crippen LogP contribution < -0.4 is 15.4 Å². The predicted molar refractivity (Wildman–Crippen MR) is 117 cm³/mol. The van der Waals surface area contributed by atoms with Gasteiger partial charge in [-0.2, -0.15) is 4.31 Å². The number of fused-ring (bicyclic) bond motifs is 1. The maximum atomic E-state index is 13.3. The molecular weight excluding hydrogens is 418 g/mol. The second kappa shape index (κ2) is 7.97. The fraction of sp³-hybridized carbons (Fsp3) is 0.364. The number of benzene rings is 2. The van der Waals surface area contributed by atoms with Crippen LogP contribution in [0.15, 0.2) is 41.3 Å². The second-order valence-corrected chi connectivity index (χ2v) is 9.88. The molecule has 1 saturated heterocycles. The van der Waals surface area contributed by atoms with E-state index in [0.717, 1.165) is 11.1 Å². The van der Waals surface area contributed by atoms with Crippen molar-refractivity contribution in [1.82, 2.24) is 4.31 Å². The van der Waals surface area contributed by atoms with Gasteiger partial charge in [0.05, 0.1) is 10.6 Å². The summed E-state index contributed by atoms with van der Waals surface area (Å²) in [6.07, 6.45) is 0.386. The standard InChI is InChI=1S/C22H25N3O5S/c1-13-6-7-14(2)17(11-13)23-22(27)19-5-4-10-25(19)31(28,29)16-8-9-20-18(12-16)24-21(26)15(3)30-20/h6-9,11-12,15,19H,4-5,10H2,1-3H3,(H,23,27)(H,24,26). The summed E-state index contributed by atoms with van der Waals surface area (Å²) in [6.45, 7) is 5.69. The number of hydrogen-bond donors (Lipinski definition) is 2. The zero-order valence-electron chi connectivity index (χ0n) is 17.6. The summed E-state index contributed by atoms with van der Waals surface area (Å²) in [7, 11) is -3.94. The molecule has 0 radical (unpaired) electrons. The molecule has 2 amide bonds. The van der Waals surface area contributed by atoms with E-state index in [1.54, 1.807) is 6.92 Å². The van der Waals surface area contributed by atoms with Gasteiger partial charge in [0.25, 0.3) is 5.91 Å². The molecule has 0 aliphatic carbocycles. The normalized spacial score (nSPS) is 21.2. The van der Waals surface area contributed by atoms with Gasteiger partial charge in [0.15, 0.2) is 6.10 Å².